The molecule has 0 aliphatic carbocycles. The number of hydrogen-bond acceptors (Lipinski definition) is 5. The van der Waals surface area contributed by atoms with Crippen molar-refractivity contribution in [2.75, 3.05) is 0 Å². The molecule has 0 aliphatic heterocycles. The molecule has 4 nitrogen and oxygen atoms in total. The Morgan fingerprint density at radius 1 is 1.06 bits per heavy atom. The third-order valence-electron chi connectivity index (χ3n) is 5.19. The van der Waals surface area contributed by atoms with Crippen LogP contribution in [0.5, 0.6) is 0 Å². The minimum absolute atomic E-state index is 0.101. The fourth-order valence-electron chi connectivity index (χ4n) is 3.54. The van der Waals surface area contributed by atoms with Gasteiger partial charge in [0, 0.05) is 34.5 Å². The number of hydrogen-bond donors (Lipinski definition) is 0. The van der Waals surface area contributed by atoms with Gasteiger partial charge in [0.15, 0.2) is 5.16 Å². The van der Waals surface area contributed by atoms with Gasteiger partial charge in [-0.25, -0.2) is 14.4 Å². The fraction of sp³-hybridized carbons (Fsp3) is 0.125. The zero-order valence-electron chi connectivity index (χ0n) is 16.8. The minimum atomic E-state index is -0.366. The number of aromatic nitrogens is 3. The lowest BCUT2D eigenvalue weighted by atomic mass is 10.1. The summed E-state index contributed by atoms with van der Waals surface area (Å²) in [6, 6.07) is 18.4. The number of pyridine rings is 1. The monoisotopic (exact) mass is 481 g/mol. The lowest BCUT2D eigenvalue weighted by molar-refractivity contribution is 0.595. The van der Waals surface area contributed by atoms with Crippen LogP contribution in [0.4, 0.5) is 4.39 Å². The van der Waals surface area contributed by atoms with Crippen molar-refractivity contribution in [3.63, 3.8) is 0 Å². The molecule has 0 saturated heterocycles. The molecule has 0 atom stereocenters. The van der Waals surface area contributed by atoms with Gasteiger partial charge in [-0.15, -0.1) is 11.3 Å². The molecular formula is C24H17ClFN3OS2. The summed E-state index contributed by atoms with van der Waals surface area (Å²) in [4.78, 5) is 23.5. The standard InChI is InChI=1S/C24H17ClFN3OS2/c25-18-9-4-10-19(26)17(18)14-31-24-28-20-16-8-5-12-27-22(16)32-21(20)23(30)29(24)13-11-15-6-2-1-3-7-15/h1-10,12H,11,13-14H2. The van der Waals surface area contributed by atoms with Gasteiger partial charge in [-0.3, -0.25) is 9.36 Å². The lowest BCUT2D eigenvalue weighted by Crippen LogP contribution is -2.23. The Balaban J connectivity index is 1.59. The molecule has 0 fully saturated rings. The van der Waals surface area contributed by atoms with Gasteiger partial charge in [0.2, 0.25) is 0 Å². The summed E-state index contributed by atoms with van der Waals surface area (Å²) in [6.07, 6.45) is 2.40. The van der Waals surface area contributed by atoms with Crippen LogP contribution in [-0.4, -0.2) is 14.5 Å². The summed E-state index contributed by atoms with van der Waals surface area (Å²) in [6.45, 7) is 0.473. The Morgan fingerprint density at radius 2 is 1.91 bits per heavy atom. The van der Waals surface area contributed by atoms with Crippen LogP contribution in [0.3, 0.4) is 0 Å². The molecule has 2 aromatic carbocycles. The van der Waals surface area contributed by atoms with E-state index in [-0.39, 0.29) is 17.1 Å². The Morgan fingerprint density at radius 3 is 2.72 bits per heavy atom. The van der Waals surface area contributed by atoms with Gasteiger partial charge < -0.3 is 0 Å². The Bertz CT molecular complexity index is 1460. The molecule has 8 heteroatoms. The number of aryl methyl sites for hydroxylation is 1. The van der Waals surface area contributed by atoms with Crippen molar-refractivity contribution < 1.29 is 4.39 Å². The molecule has 160 valence electrons. The van der Waals surface area contributed by atoms with Gasteiger partial charge >= 0.3 is 0 Å². The smallest absolute Gasteiger partial charge is 0.272 e. The average molecular weight is 482 g/mol. The van der Waals surface area contributed by atoms with Crippen molar-refractivity contribution in [1.29, 1.82) is 0 Å². The first-order chi connectivity index (χ1) is 15.6. The Kier molecular flexibility index (Phi) is 5.95. The summed E-state index contributed by atoms with van der Waals surface area (Å²) >= 11 is 8.89. The zero-order chi connectivity index (χ0) is 22.1. The van der Waals surface area contributed by atoms with Crippen LogP contribution < -0.4 is 5.56 Å². The number of thioether (sulfide) groups is 1. The highest BCUT2D eigenvalue weighted by atomic mass is 35.5. The summed E-state index contributed by atoms with van der Waals surface area (Å²) in [7, 11) is 0. The SMILES string of the molecule is O=c1c2sc3ncccc3c2nc(SCc2c(F)cccc2Cl)n1CCc1ccccc1. The van der Waals surface area contributed by atoms with Crippen LogP contribution in [0, 0.1) is 5.82 Å². The van der Waals surface area contributed by atoms with E-state index in [1.165, 1.54) is 29.2 Å². The lowest BCUT2D eigenvalue weighted by Gasteiger charge is -2.13. The highest BCUT2D eigenvalue weighted by Crippen LogP contribution is 2.32. The van der Waals surface area contributed by atoms with Gasteiger partial charge in [-0.2, -0.15) is 0 Å². The molecule has 32 heavy (non-hydrogen) atoms. The van der Waals surface area contributed by atoms with Crippen molar-refractivity contribution >= 4 is 55.1 Å². The van der Waals surface area contributed by atoms with Crippen molar-refractivity contribution in [1.82, 2.24) is 14.5 Å². The zero-order valence-corrected chi connectivity index (χ0v) is 19.2. The first-order valence-electron chi connectivity index (χ1n) is 9.99. The second-order valence-corrected chi connectivity index (χ2v) is 9.56. The van der Waals surface area contributed by atoms with Gasteiger partial charge in [0.05, 0.1) is 5.52 Å². The van der Waals surface area contributed by atoms with E-state index < -0.39 is 0 Å². The minimum Gasteiger partial charge on any atom is -0.286 e. The van der Waals surface area contributed by atoms with Crippen LogP contribution in [0.1, 0.15) is 11.1 Å². The van der Waals surface area contributed by atoms with Crippen LogP contribution in [-0.2, 0) is 18.7 Å². The maximum atomic E-state index is 14.3. The predicted molar refractivity (Wildman–Crippen MR) is 130 cm³/mol. The number of fused-ring (bicyclic) bond motifs is 3. The van der Waals surface area contributed by atoms with E-state index in [2.05, 4.69) is 4.98 Å². The molecule has 0 N–H and O–H groups in total. The van der Waals surface area contributed by atoms with Gasteiger partial charge in [0.25, 0.3) is 5.56 Å². The highest BCUT2D eigenvalue weighted by molar-refractivity contribution is 7.98. The fourth-order valence-corrected chi connectivity index (χ4v) is 5.93. The largest absolute Gasteiger partial charge is 0.286 e. The van der Waals surface area contributed by atoms with E-state index in [4.69, 9.17) is 16.6 Å². The maximum Gasteiger partial charge on any atom is 0.272 e. The topological polar surface area (TPSA) is 47.8 Å². The summed E-state index contributed by atoms with van der Waals surface area (Å²) in [5.74, 6) is -0.0933. The average Bonchev–Trinajstić information content (AvgIpc) is 3.18. The van der Waals surface area contributed by atoms with E-state index in [0.717, 1.165) is 15.8 Å². The predicted octanol–water partition coefficient (Wildman–Crippen LogP) is 6.33. The summed E-state index contributed by atoms with van der Waals surface area (Å²) in [5, 5.41) is 1.76. The third kappa shape index (κ3) is 4.03. The highest BCUT2D eigenvalue weighted by Gasteiger charge is 2.18. The van der Waals surface area contributed by atoms with Gasteiger partial charge in [-0.1, -0.05) is 59.8 Å². The van der Waals surface area contributed by atoms with Crippen LogP contribution in [0.2, 0.25) is 5.02 Å². The van der Waals surface area contributed by atoms with Gasteiger partial charge in [0.1, 0.15) is 15.3 Å². The first kappa shape index (κ1) is 21.1. The van der Waals surface area contributed by atoms with E-state index in [9.17, 15) is 9.18 Å². The molecule has 5 rings (SSSR count). The Labute approximate surface area is 196 Å². The van der Waals surface area contributed by atoms with Crippen LogP contribution >= 0.6 is 34.7 Å². The van der Waals surface area contributed by atoms with E-state index in [0.29, 0.717) is 38.9 Å². The molecule has 0 bridgehead atoms. The van der Waals surface area contributed by atoms with Crippen molar-refractivity contribution in [2.24, 2.45) is 0 Å². The summed E-state index contributed by atoms with van der Waals surface area (Å²) < 4.78 is 16.6. The molecule has 0 amide bonds. The number of benzene rings is 2. The molecule has 5 aromatic rings. The number of nitrogens with zero attached hydrogens (tertiary/aromatic N) is 3. The van der Waals surface area contributed by atoms with E-state index in [1.807, 2.05) is 42.5 Å². The third-order valence-corrected chi connectivity index (χ3v) is 7.64. The number of rotatable bonds is 6. The van der Waals surface area contributed by atoms with Crippen molar-refractivity contribution in [3.8, 4) is 0 Å². The maximum absolute atomic E-state index is 14.3. The molecule has 0 radical (unpaired) electrons. The normalized spacial score (nSPS) is 11.4. The molecule has 0 unspecified atom stereocenters. The molecule has 0 spiro atoms. The molecule has 3 aromatic heterocycles. The molecule has 0 aliphatic rings. The van der Waals surface area contributed by atoms with Gasteiger partial charge in [-0.05, 0) is 36.2 Å². The summed E-state index contributed by atoms with van der Waals surface area (Å²) in [5.41, 5.74) is 2.07. The molecule has 0 saturated carbocycles. The second kappa shape index (κ2) is 9.02. The first-order valence-corrected chi connectivity index (χ1v) is 12.2. The molecular weight excluding hydrogens is 465 g/mol. The van der Waals surface area contributed by atoms with Crippen LogP contribution in [0.25, 0.3) is 20.4 Å². The quantitative estimate of drug-likeness (QED) is 0.210. The molecule has 3 heterocycles. The van der Waals surface area contributed by atoms with E-state index >= 15 is 0 Å². The second-order valence-electron chi connectivity index (χ2n) is 7.21. The van der Waals surface area contributed by atoms with E-state index in [1.54, 1.807) is 22.9 Å². The van der Waals surface area contributed by atoms with Crippen LogP contribution in [0.15, 0.2) is 76.8 Å². The number of halogens is 2. The number of thiophene rings is 1. The van der Waals surface area contributed by atoms with Crippen molar-refractivity contribution in [2.45, 2.75) is 23.9 Å². The Hall–Kier alpha value is -2.74. The van der Waals surface area contributed by atoms with Crippen molar-refractivity contribution in [3.05, 3.63) is 99.2 Å².